The minimum atomic E-state index is -0.168. The molecule has 2 heteroatoms. The van der Waals surface area contributed by atoms with Gasteiger partial charge in [0.25, 0.3) is 0 Å². The lowest BCUT2D eigenvalue weighted by Gasteiger charge is -2.18. The van der Waals surface area contributed by atoms with E-state index in [9.17, 15) is 4.39 Å². The predicted molar refractivity (Wildman–Crippen MR) is 100 cm³/mol. The molecule has 0 amide bonds. The molecule has 1 heterocycles. The number of nitrogens with zero attached hydrogens (tertiary/aromatic N) is 1. The van der Waals surface area contributed by atoms with Gasteiger partial charge in [0.1, 0.15) is 5.82 Å². The Labute approximate surface area is 144 Å². The molecule has 1 nitrogen and oxygen atoms in total. The molecule has 24 heavy (non-hydrogen) atoms. The molecule has 0 atom stereocenters. The van der Waals surface area contributed by atoms with Crippen molar-refractivity contribution >= 4 is 5.57 Å². The third kappa shape index (κ3) is 4.33. The zero-order valence-corrected chi connectivity index (χ0v) is 14.5. The maximum Gasteiger partial charge on any atom is 0.131 e. The Morgan fingerprint density at radius 3 is 2.29 bits per heavy atom. The fourth-order valence-electron chi connectivity index (χ4n) is 3.31. The number of allylic oxidation sites excluding steroid dienone is 1. The van der Waals surface area contributed by atoms with Crippen LogP contribution in [0.5, 0.6) is 0 Å². The smallest absolute Gasteiger partial charge is 0.131 e. The maximum atomic E-state index is 13.9. The van der Waals surface area contributed by atoms with E-state index in [0.29, 0.717) is 5.56 Å². The van der Waals surface area contributed by atoms with Crippen LogP contribution < -0.4 is 0 Å². The third-order valence-electron chi connectivity index (χ3n) is 4.88. The molecule has 126 valence electrons. The van der Waals surface area contributed by atoms with Gasteiger partial charge in [-0.05, 0) is 55.6 Å². The van der Waals surface area contributed by atoms with Crippen LogP contribution in [0.15, 0.2) is 54.6 Å². The lowest BCUT2D eigenvalue weighted by molar-refractivity contribution is 0.316. The summed E-state index contributed by atoms with van der Waals surface area (Å²) in [6.07, 6.45) is 7.71. The highest BCUT2D eigenvalue weighted by Crippen LogP contribution is 2.24. The van der Waals surface area contributed by atoms with Gasteiger partial charge in [-0.2, -0.15) is 0 Å². The second-order valence-electron chi connectivity index (χ2n) is 6.66. The van der Waals surface area contributed by atoms with Crippen molar-refractivity contribution in [2.45, 2.75) is 32.6 Å². The summed E-state index contributed by atoms with van der Waals surface area (Å²) in [5, 5.41) is 0. The van der Waals surface area contributed by atoms with Crippen LogP contribution in [0.3, 0.4) is 0 Å². The van der Waals surface area contributed by atoms with Crippen molar-refractivity contribution in [2.24, 2.45) is 0 Å². The number of likely N-dealkylation sites (tertiary alicyclic amines) is 1. The van der Waals surface area contributed by atoms with Crippen molar-refractivity contribution < 1.29 is 4.39 Å². The van der Waals surface area contributed by atoms with Gasteiger partial charge in [-0.3, -0.25) is 4.90 Å². The van der Waals surface area contributed by atoms with Gasteiger partial charge in [-0.1, -0.05) is 61.4 Å². The molecular formula is C22H26FN. The van der Waals surface area contributed by atoms with Gasteiger partial charge in [-0.25, -0.2) is 4.39 Å². The highest BCUT2D eigenvalue weighted by Gasteiger charge is 2.08. The third-order valence-corrected chi connectivity index (χ3v) is 4.88. The minimum absolute atomic E-state index is 0.168. The molecule has 2 aromatic carbocycles. The highest BCUT2D eigenvalue weighted by atomic mass is 19.1. The van der Waals surface area contributed by atoms with E-state index in [1.54, 1.807) is 6.07 Å². The van der Waals surface area contributed by atoms with Crippen LogP contribution in [-0.2, 0) is 0 Å². The molecule has 1 aliphatic heterocycles. The lowest BCUT2D eigenvalue weighted by Crippen LogP contribution is -2.24. The van der Waals surface area contributed by atoms with Gasteiger partial charge in [0, 0.05) is 12.1 Å². The van der Waals surface area contributed by atoms with E-state index in [0.717, 1.165) is 12.1 Å². The van der Waals surface area contributed by atoms with Crippen molar-refractivity contribution in [3.63, 3.8) is 0 Å². The summed E-state index contributed by atoms with van der Waals surface area (Å²) in [5.41, 5.74) is 4.09. The van der Waals surface area contributed by atoms with E-state index < -0.39 is 0 Å². The number of halogens is 1. The van der Waals surface area contributed by atoms with Crippen molar-refractivity contribution in [1.82, 2.24) is 4.90 Å². The van der Waals surface area contributed by atoms with Crippen LogP contribution in [0.2, 0.25) is 0 Å². The summed E-state index contributed by atoms with van der Waals surface area (Å²) < 4.78 is 13.9. The van der Waals surface area contributed by atoms with Crippen molar-refractivity contribution in [3.05, 3.63) is 66.0 Å². The Morgan fingerprint density at radius 2 is 1.62 bits per heavy atom. The van der Waals surface area contributed by atoms with Crippen LogP contribution in [0, 0.1) is 5.82 Å². The molecule has 1 saturated heterocycles. The Morgan fingerprint density at radius 1 is 0.958 bits per heavy atom. The van der Waals surface area contributed by atoms with Gasteiger partial charge in [0.2, 0.25) is 0 Å². The first-order valence-corrected chi connectivity index (χ1v) is 8.98. The van der Waals surface area contributed by atoms with E-state index in [-0.39, 0.29) is 5.82 Å². The second-order valence-corrected chi connectivity index (χ2v) is 6.66. The van der Waals surface area contributed by atoms with E-state index >= 15 is 0 Å². The SMILES string of the molecule is CC(=CCN1CCCCCC1)c1ccc(-c2ccccc2F)cc1. The minimum Gasteiger partial charge on any atom is -0.300 e. The van der Waals surface area contributed by atoms with Crippen molar-refractivity contribution in [1.29, 1.82) is 0 Å². The summed E-state index contributed by atoms with van der Waals surface area (Å²) in [6, 6.07) is 15.1. The molecule has 1 fully saturated rings. The molecule has 0 radical (unpaired) electrons. The molecule has 0 spiro atoms. The normalized spacial score (nSPS) is 16.8. The van der Waals surface area contributed by atoms with Crippen LogP contribution in [0.25, 0.3) is 16.7 Å². The molecule has 1 aliphatic rings. The Kier molecular flexibility index (Phi) is 5.81. The first-order chi connectivity index (χ1) is 11.7. The molecule has 0 N–H and O–H groups in total. The van der Waals surface area contributed by atoms with Gasteiger partial charge in [0.05, 0.1) is 0 Å². The standard InChI is InChI=1S/C22H26FN/c1-18(14-17-24-15-6-2-3-7-16-24)19-10-12-20(13-11-19)21-8-4-5-9-22(21)23/h4-5,8-14H,2-3,6-7,15-17H2,1H3. The zero-order chi connectivity index (χ0) is 16.8. The topological polar surface area (TPSA) is 3.24 Å². The van der Waals surface area contributed by atoms with E-state index in [1.165, 1.54) is 56.0 Å². The first kappa shape index (κ1) is 16.9. The van der Waals surface area contributed by atoms with Gasteiger partial charge in [0.15, 0.2) is 0 Å². The predicted octanol–water partition coefficient (Wildman–Crippen LogP) is 5.77. The Balaban J connectivity index is 1.68. The number of rotatable bonds is 4. The Hall–Kier alpha value is -1.93. The zero-order valence-electron chi connectivity index (χ0n) is 14.5. The number of hydrogen-bond donors (Lipinski definition) is 0. The number of hydrogen-bond acceptors (Lipinski definition) is 1. The molecule has 0 unspecified atom stereocenters. The fraction of sp³-hybridized carbons (Fsp3) is 0.364. The van der Waals surface area contributed by atoms with E-state index in [2.05, 4.69) is 30.0 Å². The van der Waals surface area contributed by atoms with Gasteiger partial charge >= 0.3 is 0 Å². The summed E-state index contributed by atoms with van der Waals surface area (Å²) in [6.45, 7) is 5.63. The monoisotopic (exact) mass is 323 g/mol. The molecule has 0 bridgehead atoms. The highest BCUT2D eigenvalue weighted by molar-refractivity contribution is 5.69. The molecule has 0 aliphatic carbocycles. The van der Waals surface area contributed by atoms with Crippen molar-refractivity contribution in [2.75, 3.05) is 19.6 Å². The summed E-state index contributed by atoms with van der Waals surface area (Å²) in [5.74, 6) is -0.168. The Bertz CT molecular complexity index is 679. The lowest BCUT2D eigenvalue weighted by atomic mass is 10.0. The molecule has 2 aromatic rings. The van der Waals surface area contributed by atoms with Crippen LogP contribution in [0.4, 0.5) is 4.39 Å². The van der Waals surface area contributed by atoms with Crippen LogP contribution >= 0.6 is 0 Å². The summed E-state index contributed by atoms with van der Waals surface area (Å²) in [4.78, 5) is 2.55. The first-order valence-electron chi connectivity index (χ1n) is 8.98. The molecule has 0 aromatic heterocycles. The largest absolute Gasteiger partial charge is 0.300 e. The fourth-order valence-corrected chi connectivity index (χ4v) is 3.31. The second kappa shape index (κ2) is 8.25. The van der Waals surface area contributed by atoms with Crippen molar-refractivity contribution in [3.8, 4) is 11.1 Å². The van der Waals surface area contributed by atoms with Gasteiger partial charge < -0.3 is 0 Å². The summed E-state index contributed by atoms with van der Waals surface area (Å²) >= 11 is 0. The maximum absolute atomic E-state index is 13.9. The molecule has 0 saturated carbocycles. The quantitative estimate of drug-likeness (QED) is 0.690. The number of benzene rings is 2. The van der Waals surface area contributed by atoms with Gasteiger partial charge in [-0.15, -0.1) is 0 Å². The van der Waals surface area contributed by atoms with Crippen LogP contribution in [0.1, 0.15) is 38.2 Å². The van der Waals surface area contributed by atoms with E-state index in [4.69, 9.17) is 0 Å². The molecule has 3 rings (SSSR count). The van der Waals surface area contributed by atoms with Crippen LogP contribution in [-0.4, -0.2) is 24.5 Å². The average Bonchev–Trinajstić information content (AvgIpc) is 2.89. The molecular weight excluding hydrogens is 297 g/mol. The summed E-state index contributed by atoms with van der Waals surface area (Å²) in [7, 11) is 0. The average molecular weight is 323 g/mol. The van der Waals surface area contributed by atoms with E-state index in [1.807, 2.05) is 24.3 Å².